The lowest BCUT2D eigenvalue weighted by Crippen LogP contribution is -2.04. The van der Waals surface area contributed by atoms with Gasteiger partial charge in [0.05, 0.1) is 7.11 Å². The minimum Gasteiger partial charge on any atom is -0.497 e. The van der Waals surface area contributed by atoms with E-state index in [1.807, 2.05) is 12.1 Å². The van der Waals surface area contributed by atoms with Gasteiger partial charge in [-0.2, -0.15) is 0 Å². The van der Waals surface area contributed by atoms with Gasteiger partial charge < -0.3 is 10.5 Å². The smallest absolute Gasteiger partial charge is 0.123 e. The molecule has 4 heteroatoms. The maximum Gasteiger partial charge on any atom is 0.123 e. The number of nitrogens with two attached hydrogens (primary N) is 1. The fourth-order valence-electron chi connectivity index (χ4n) is 0.919. The van der Waals surface area contributed by atoms with Crippen molar-refractivity contribution < 1.29 is 4.74 Å². The number of rotatable bonds is 3. The Labute approximate surface area is 80.1 Å². The highest BCUT2D eigenvalue weighted by Gasteiger charge is 1.99. The van der Waals surface area contributed by atoms with Crippen molar-refractivity contribution in [1.82, 2.24) is 4.98 Å². The van der Waals surface area contributed by atoms with Gasteiger partial charge in [-0.15, -0.1) is 0 Å². The highest BCUT2D eigenvalue weighted by Crippen LogP contribution is 2.17. The van der Waals surface area contributed by atoms with Gasteiger partial charge in [-0.25, -0.2) is 4.98 Å². The molecule has 12 heavy (non-hydrogen) atoms. The Morgan fingerprint density at radius 1 is 1.58 bits per heavy atom. The zero-order valence-electron chi connectivity index (χ0n) is 6.88. The Morgan fingerprint density at radius 2 is 2.33 bits per heavy atom. The molecule has 0 unspecified atom stereocenters. The molecule has 0 aliphatic rings. The van der Waals surface area contributed by atoms with Gasteiger partial charge in [-0.1, -0.05) is 0 Å². The Kier molecular flexibility index (Phi) is 3.49. The predicted molar refractivity (Wildman–Crippen MR) is 51.2 cm³/mol. The molecular weight excluding hydrogens is 220 g/mol. The maximum atomic E-state index is 5.41. The Hall–Kier alpha value is -0.610. The van der Waals surface area contributed by atoms with E-state index in [-0.39, 0.29) is 0 Å². The van der Waals surface area contributed by atoms with Crippen LogP contribution in [0.3, 0.4) is 0 Å². The van der Waals surface area contributed by atoms with Crippen LogP contribution in [0.25, 0.3) is 0 Å². The van der Waals surface area contributed by atoms with Crippen LogP contribution in [0.1, 0.15) is 5.69 Å². The number of methoxy groups -OCH3 is 1. The van der Waals surface area contributed by atoms with Crippen LogP contribution in [0.15, 0.2) is 16.7 Å². The lowest BCUT2D eigenvalue weighted by molar-refractivity contribution is 0.413. The van der Waals surface area contributed by atoms with E-state index in [1.54, 1.807) is 7.11 Å². The van der Waals surface area contributed by atoms with Gasteiger partial charge >= 0.3 is 0 Å². The van der Waals surface area contributed by atoms with E-state index in [0.717, 1.165) is 22.5 Å². The molecule has 66 valence electrons. The van der Waals surface area contributed by atoms with E-state index in [4.69, 9.17) is 10.5 Å². The summed E-state index contributed by atoms with van der Waals surface area (Å²) >= 11 is 3.29. The van der Waals surface area contributed by atoms with Crippen LogP contribution < -0.4 is 10.5 Å². The van der Waals surface area contributed by atoms with Crippen LogP contribution >= 0.6 is 15.9 Å². The standard InChI is InChI=1S/C8H11BrN2O/c1-12-7-4-6(2-3-10)11-8(9)5-7/h4-5H,2-3,10H2,1H3. The molecule has 0 atom stereocenters. The van der Waals surface area contributed by atoms with Gasteiger partial charge in [0.25, 0.3) is 0 Å². The first kappa shape index (κ1) is 9.48. The van der Waals surface area contributed by atoms with Gasteiger partial charge in [0.15, 0.2) is 0 Å². The van der Waals surface area contributed by atoms with E-state index in [9.17, 15) is 0 Å². The largest absolute Gasteiger partial charge is 0.497 e. The molecule has 1 heterocycles. The van der Waals surface area contributed by atoms with Gasteiger partial charge in [0.2, 0.25) is 0 Å². The molecule has 0 saturated heterocycles. The average Bonchev–Trinajstić information content (AvgIpc) is 2.04. The molecule has 0 spiro atoms. The topological polar surface area (TPSA) is 48.1 Å². The molecule has 0 bridgehead atoms. The average molecular weight is 231 g/mol. The summed E-state index contributed by atoms with van der Waals surface area (Å²) in [6.45, 7) is 0.604. The summed E-state index contributed by atoms with van der Waals surface area (Å²) in [5, 5.41) is 0. The lowest BCUT2D eigenvalue weighted by atomic mass is 10.2. The SMILES string of the molecule is COc1cc(Br)nc(CCN)c1. The van der Waals surface area contributed by atoms with Crippen molar-refractivity contribution in [2.75, 3.05) is 13.7 Å². The van der Waals surface area contributed by atoms with Gasteiger partial charge in [0.1, 0.15) is 10.4 Å². The molecular formula is C8H11BrN2O. The third-order valence-corrected chi connectivity index (χ3v) is 1.86. The minimum absolute atomic E-state index is 0.604. The highest BCUT2D eigenvalue weighted by atomic mass is 79.9. The van der Waals surface area contributed by atoms with Crippen molar-refractivity contribution in [2.24, 2.45) is 5.73 Å². The monoisotopic (exact) mass is 230 g/mol. The summed E-state index contributed by atoms with van der Waals surface area (Å²) < 4.78 is 5.85. The van der Waals surface area contributed by atoms with Gasteiger partial charge in [-0.3, -0.25) is 0 Å². The van der Waals surface area contributed by atoms with Crippen LogP contribution in [-0.2, 0) is 6.42 Å². The second kappa shape index (κ2) is 4.42. The lowest BCUT2D eigenvalue weighted by Gasteiger charge is -2.03. The van der Waals surface area contributed by atoms with Crippen molar-refractivity contribution in [1.29, 1.82) is 0 Å². The number of hydrogen-bond acceptors (Lipinski definition) is 3. The van der Waals surface area contributed by atoms with Crippen molar-refractivity contribution in [3.05, 3.63) is 22.4 Å². The van der Waals surface area contributed by atoms with Crippen LogP contribution in [-0.4, -0.2) is 18.6 Å². The first-order valence-corrected chi connectivity index (χ1v) is 4.46. The quantitative estimate of drug-likeness (QED) is 0.799. The molecule has 0 saturated carbocycles. The molecule has 1 aromatic heterocycles. The third kappa shape index (κ3) is 2.46. The fraction of sp³-hybridized carbons (Fsp3) is 0.375. The zero-order valence-corrected chi connectivity index (χ0v) is 8.47. The summed E-state index contributed by atoms with van der Waals surface area (Å²) in [5.41, 5.74) is 6.35. The molecule has 0 aliphatic carbocycles. The molecule has 0 fully saturated rings. The number of halogens is 1. The van der Waals surface area contributed by atoms with Crippen molar-refractivity contribution >= 4 is 15.9 Å². The number of pyridine rings is 1. The predicted octanol–water partition coefficient (Wildman–Crippen LogP) is 1.35. The van der Waals surface area contributed by atoms with Crippen molar-refractivity contribution in [2.45, 2.75) is 6.42 Å². The Morgan fingerprint density at radius 3 is 2.92 bits per heavy atom. The second-order valence-corrected chi connectivity index (χ2v) is 3.17. The zero-order chi connectivity index (χ0) is 8.97. The summed E-state index contributed by atoms with van der Waals surface area (Å²) in [4.78, 5) is 4.23. The van der Waals surface area contributed by atoms with Gasteiger partial charge in [0, 0.05) is 24.2 Å². The number of hydrogen-bond donors (Lipinski definition) is 1. The normalized spacial score (nSPS) is 9.92. The van der Waals surface area contributed by atoms with Crippen molar-refractivity contribution in [3.8, 4) is 5.75 Å². The van der Waals surface area contributed by atoms with E-state index >= 15 is 0 Å². The Bertz CT molecular complexity index is 265. The summed E-state index contributed by atoms with van der Waals surface area (Å²) in [6.07, 6.45) is 0.774. The second-order valence-electron chi connectivity index (χ2n) is 2.36. The van der Waals surface area contributed by atoms with E-state index in [2.05, 4.69) is 20.9 Å². The van der Waals surface area contributed by atoms with E-state index < -0.39 is 0 Å². The van der Waals surface area contributed by atoms with Crippen LogP contribution in [0.2, 0.25) is 0 Å². The fourth-order valence-corrected chi connectivity index (χ4v) is 1.37. The molecule has 2 N–H and O–H groups in total. The summed E-state index contributed by atoms with van der Waals surface area (Å²) in [6, 6.07) is 3.71. The minimum atomic E-state index is 0.604. The van der Waals surface area contributed by atoms with Crippen LogP contribution in [0.5, 0.6) is 5.75 Å². The molecule has 0 amide bonds. The highest BCUT2D eigenvalue weighted by molar-refractivity contribution is 9.10. The molecule has 1 rings (SSSR count). The van der Waals surface area contributed by atoms with Crippen molar-refractivity contribution in [3.63, 3.8) is 0 Å². The molecule has 0 aromatic carbocycles. The molecule has 0 aliphatic heterocycles. The maximum absolute atomic E-state index is 5.41. The van der Waals surface area contributed by atoms with E-state index in [1.165, 1.54) is 0 Å². The summed E-state index contributed by atoms with van der Waals surface area (Å²) in [5.74, 6) is 0.806. The molecule has 3 nitrogen and oxygen atoms in total. The number of ether oxygens (including phenoxy) is 1. The molecule has 1 aromatic rings. The first-order valence-electron chi connectivity index (χ1n) is 3.67. The van der Waals surface area contributed by atoms with Crippen LogP contribution in [0, 0.1) is 0 Å². The molecule has 0 radical (unpaired) electrons. The van der Waals surface area contributed by atoms with Gasteiger partial charge in [-0.05, 0) is 22.5 Å². The Balaban J connectivity index is 2.90. The number of aromatic nitrogens is 1. The van der Waals surface area contributed by atoms with Crippen LogP contribution in [0.4, 0.5) is 0 Å². The first-order chi connectivity index (χ1) is 5.76. The number of nitrogens with zero attached hydrogens (tertiary/aromatic N) is 1. The third-order valence-electron chi connectivity index (χ3n) is 1.46. The van der Waals surface area contributed by atoms with E-state index in [0.29, 0.717) is 6.54 Å². The summed E-state index contributed by atoms with van der Waals surface area (Å²) in [7, 11) is 1.63.